The van der Waals surface area contributed by atoms with Gasteiger partial charge in [0.05, 0.1) is 0 Å². The molecule has 80 valence electrons. The van der Waals surface area contributed by atoms with Crippen LogP contribution < -0.4 is 0 Å². The molecule has 0 aliphatic rings. The lowest BCUT2D eigenvalue weighted by Gasteiger charge is -2.05. The maximum Gasteiger partial charge on any atom is 0.150 e. The van der Waals surface area contributed by atoms with Crippen molar-refractivity contribution in [1.29, 1.82) is 0 Å². The standard InChI is InChI=1S/C15H14O/c1-12-5-4-6-13(9-12)10-14-7-2-3-8-15(14)11-16/h2-9,11H,10H2,1H3. The first-order valence-electron chi connectivity index (χ1n) is 5.38. The molecule has 1 nitrogen and oxygen atoms in total. The zero-order valence-corrected chi connectivity index (χ0v) is 9.31. The molecule has 1 heteroatoms. The Bertz CT molecular complexity index is 500. The molecule has 0 amide bonds. The molecule has 2 rings (SSSR count). The maximum absolute atomic E-state index is 10.9. The number of benzene rings is 2. The van der Waals surface area contributed by atoms with Crippen LogP contribution >= 0.6 is 0 Å². The summed E-state index contributed by atoms with van der Waals surface area (Å²) in [4.78, 5) is 10.9. The zero-order valence-electron chi connectivity index (χ0n) is 9.31. The average Bonchev–Trinajstić information content (AvgIpc) is 2.30. The lowest BCUT2D eigenvalue weighted by atomic mass is 9.99. The summed E-state index contributed by atoms with van der Waals surface area (Å²) >= 11 is 0. The number of carbonyl (C=O) groups excluding carboxylic acids is 1. The van der Waals surface area contributed by atoms with E-state index in [0.29, 0.717) is 0 Å². The quantitative estimate of drug-likeness (QED) is 0.710. The predicted octanol–water partition coefficient (Wildman–Crippen LogP) is 3.40. The van der Waals surface area contributed by atoms with Crippen molar-refractivity contribution in [2.24, 2.45) is 0 Å². The van der Waals surface area contributed by atoms with Gasteiger partial charge in [-0.3, -0.25) is 4.79 Å². The normalized spacial score (nSPS) is 10.1. The van der Waals surface area contributed by atoms with E-state index in [1.165, 1.54) is 11.1 Å². The fraction of sp³-hybridized carbons (Fsp3) is 0.133. The Morgan fingerprint density at radius 3 is 2.62 bits per heavy atom. The van der Waals surface area contributed by atoms with E-state index >= 15 is 0 Å². The number of carbonyl (C=O) groups is 1. The molecule has 0 fully saturated rings. The Hall–Kier alpha value is -1.89. The Morgan fingerprint density at radius 2 is 1.88 bits per heavy atom. The topological polar surface area (TPSA) is 17.1 Å². The fourth-order valence-electron chi connectivity index (χ4n) is 1.85. The van der Waals surface area contributed by atoms with Crippen LogP contribution in [0.5, 0.6) is 0 Å². The van der Waals surface area contributed by atoms with Gasteiger partial charge in [-0.15, -0.1) is 0 Å². The first kappa shape index (κ1) is 10.6. The van der Waals surface area contributed by atoms with Crippen LogP contribution in [0.2, 0.25) is 0 Å². The Labute approximate surface area is 95.7 Å². The molecule has 0 spiro atoms. The van der Waals surface area contributed by atoms with Gasteiger partial charge in [0.2, 0.25) is 0 Å². The average molecular weight is 210 g/mol. The van der Waals surface area contributed by atoms with Crippen molar-refractivity contribution < 1.29 is 4.79 Å². The molecule has 0 N–H and O–H groups in total. The van der Waals surface area contributed by atoms with Gasteiger partial charge in [0.1, 0.15) is 6.29 Å². The molecule has 0 aliphatic carbocycles. The minimum absolute atomic E-state index is 0.781. The highest BCUT2D eigenvalue weighted by atomic mass is 16.1. The molecule has 0 bridgehead atoms. The molecule has 0 aromatic heterocycles. The molecule has 16 heavy (non-hydrogen) atoms. The van der Waals surface area contributed by atoms with Crippen molar-refractivity contribution >= 4 is 6.29 Å². The molecular formula is C15H14O. The lowest BCUT2D eigenvalue weighted by Crippen LogP contribution is -1.94. The van der Waals surface area contributed by atoms with Gasteiger partial charge in [0.25, 0.3) is 0 Å². The second kappa shape index (κ2) is 4.75. The first-order chi connectivity index (χ1) is 7.79. The van der Waals surface area contributed by atoms with Crippen molar-refractivity contribution in [3.63, 3.8) is 0 Å². The molecule has 0 saturated heterocycles. The summed E-state index contributed by atoms with van der Waals surface area (Å²) in [6, 6.07) is 16.1. The summed E-state index contributed by atoms with van der Waals surface area (Å²) in [5.74, 6) is 0. The van der Waals surface area contributed by atoms with Crippen LogP contribution in [0, 0.1) is 6.92 Å². The minimum atomic E-state index is 0.781. The number of aryl methyl sites for hydroxylation is 1. The van der Waals surface area contributed by atoms with E-state index in [1.807, 2.05) is 30.3 Å². The van der Waals surface area contributed by atoms with E-state index in [0.717, 1.165) is 23.8 Å². The van der Waals surface area contributed by atoms with Gasteiger partial charge in [-0.2, -0.15) is 0 Å². The van der Waals surface area contributed by atoms with Crippen LogP contribution in [0.25, 0.3) is 0 Å². The third-order valence-corrected chi connectivity index (χ3v) is 2.66. The van der Waals surface area contributed by atoms with Gasteiger partial charge in [-0.25, -0.2) is 0 Å². The lowest BCUT2D eigenvalue weighted by molar-refractivity contribution is 0.112. The van der Waals surface area contributed by atoms with Crippen LogP contribution in [0.3, 0.4) is 0 Å². The monoisotopic (exact) mass is 210 g/mol. The highest BCUT2D eigenvalue weighted by Crippen LogP contribution is 2.13. The molecule has 0 heterocycles. The third-order valence-electron chi connectivity index (χ3n) is 2.66. The van der Waals surface area contributed by atoms with Gasteiger partial charge in [-0.05, 0) is 24.5 Å². The molecule has 2 aromatic carbocycles. The molecule has 0 unspecified atom stereocenters. The van der Waals surface area contributed by atoms with E-state index < -0.39 is 0 Å². The molecule has 0 aliphatic heterocycles. The van der Waals surface area contributed by atoms with Crippen LogP contribution in [0.1, 0.15) is 27.0 Å². The van der Waals surface area contributed by atoms with Gasteiger partial charge in [0.15, 0.2) is 0 Å². The van der Waals surface area contributed by atoms with Gasteiger partial charge >= 0.3 is 0 Å². The third kappa shape index (κ3) is 2.37. The van der Waals surface area contributed by atoms with Crippen LogP contribution in [-0.2, 0) is 6.42 Å². The molecule has 0 atom stereocenters. The summed E-state index contributed by atoms with van der Waals surface area (Å²) in [6.07, 6.45) is 1.74. The molecule has 2 aromatic rings. The summed E-state index contributed by atoms with van der Waals surface area (Å²) in [6.45, 7) is 2.08. The number of aldehydes is 1. The van der Waals surface area contributed by atoms with Crippen molar-refractivity contribution in [3.8, 4) is 0 Å². The zero-order chi connectivity index (χ0) is 11.4. The van der Waals surface area contributed by atoms with Crippen LogP contribution in [-0.4, -0.2) is 6.29 Å². The van der Waals surface area contributed by atoms with E-state index in [2.05, 4.69) is 25.1 Å². The van der Waals surface area contributed by atoms with Crippen molar-refractivity contribution in [1.82, 2.24) is 0 Å². The molecule has 0 saturated carbocycles. The Balaban J connectivity index is 2.30. The molecule has 0 radical (unpaired) electrons. The highest BCUT2D eigenvalue weighted by Gasteiger charge is 2.01. The van der Waals surface area contributed by atoms with Gasteiger partial charge in [0, 0.05) is 5.56 Å². The van der Waals surface area contributed by atoms with Crippen molar-refractivity contribution in [2.75, 3.05) is 0 Å². The number of rotatable bonds is 3. The van der Waals surface area contributed by atoms with E-state index in [4.69, 9.17) is 0 Å². The smallest absolute Gasteiger partial charge is 0.150 e. The summed E-state index contributed by atoms with van der Waals surface area (Å²) in [5.41, 5.74) is 4.36. The predicted molar refractivity (Wildman–Crippen MR) is 65.8 cm³/mol. The second-order valence-corrected chi connectivity index (χ2v) is 3.98. The van der Waals surface area contributed by atoms with E-state index in [9.17, 15) is 4.79 Å². The van der Waals surface area contributed by atoms with Crippen molar-refractivity contribution in [3.05, 3.63) is 70.8 Å². The summed E-state index contributed by atoms with van der Waals surface area (Å²) < 4.78 is 0. The summed E-state index contributed by atoms with van der Waals surface area (Å²) in [7, 11) is 0. The second-order valence-electron chi connectivity index (χ2n) is 3.98. The summed E-state index contributed by atoms with van der Waals surface area (Å²) in [5, 5.41) is 0. The number of hydrogen-bond acceptors (Lipinski definition) is 1. The minimum Gasteiger partial charge on any atom is -0.298 e. The number of hydrogen-bond donors (Lipinski definition) is 0. The van der Waals surface area contributed by atoms with Crippen molar-refractivity contribution in [2.45, 2.75) is 13.3 Å². The molecular weight excluding hydrogens is 196 g/mol. The largest absolute Gasteiger partial charge is 0.298 e. The van der Waals surface area contributed by atoms with Gasteiger partial charge in [-0.1, -0.05) is 54.1 Å². The van der Waals surface area contributed by atoms with Gasteiger partial charge < -0.3 is 0 Å². The fourth-order valence-corrected chi connectivity index (χ4v) is 1.85. The van der Waals surface area contributed by atoms with Crippen LogP contribution in [0.15, 0.2) is 48.5 Å². The highest BCUT2D eigenvalue weighted by molar-refractivity contribution is 5.77. The van der Waals surface area contributed by atoms with E-state index in [1.54, 1.807) is 0 Å². The Kier molecular flexibility index (Phi) is 3.16. The van der Waals surface area contributed by atoms with Crippen LogP contribution in [0.4, 0.5) is 0 Å². The van der Waals surface area contributed by atoms with E-state index in [-0.39, 0.29) is 0 Å². The first-order valence-corrected chi connectivity index (χ1v) is 5.38. The SMILES string of the molecule is Cc1cccc(Cc2ccccc2C=O)c1. The Morgan fingerprint density at radius 1 is 1.06 bits per heavy atom. The maximum atomic E-state index is 10.9.